The third-order valence-corrected chi connectivity index (χ3v) is 3.30. The molecule has 1 aromatic rings. The number of anilines is 1. The number of carbonyl (C=O) groups excluding carboxylic acids is 1. The first-order valence-electron chi connectivity index (χ1n) is 6.42. The molecule has 0 aliphatic heterocycles. The molecule has 6 heteroatoms. The number of carbonyl (C=O) groups is 2. The van der Waals surface area contributed by atoms with Gasteiger partial charge < -0.3 is 10.4 Å². The van der Waals surface area contributed by atoms with Crippen molar-refractivity contribution in [1.29, 1.82) is 0 Å². The van der Waals surface area contributed by atoms with Crippen LogP contribution in [0.4, 0.5) is 5.69 Å². The molecule has 19 heavy (non-hydrogen) atoms. The summed E-state index contributed by atoms with van der Waals surface area (Å²) in [5.41, 5.74) is -0.621. The Labute approximate surface area is 112 Å². The molecular formula is C13H21N3O3. The van der Waals surface area contributed by atoms with Gasteiger partial charge in [-0.1, -0.05) is 13.8 Å². The molecule has 0 radical (unpaired) electrons. The first-order valence-corrected chi connectivity index (χ1v) is 6.42. The minimum Gasteiger partial charge on any atom is -0.479 e. The second-order valence-electron chi connectivity index (χ2n) is 5.04. The Morgan fingerprint density at radius 1 is 1.42 bits per heavy atom. The number of aliphatic carboxylic acids is 1. The average molecular weight is 267 g/mol. The molecule has 106 valence electrons. The van der Waals surface area contributed by atoms with Crippen LogP contribution in [-0.4, -0.2) is 26.8 Å². The molecule has 6 nitrogen and oxygen atoms in total. The van der Waals surface area contributed by atoms with E-state index in [-0.39, 0.29) is 11.8 Å². The Kier molecular flexibility index (Phi) is 4.69. The van der Waals surface area contributed by atoms with Crippen LogP contribution in [0, 0.1) is 5.92 Å². The van der Waals surface area contributed by atoms with E-state index in [1.165, 1.54) is 17.1 Å². The maximum Gasteiger partial charge on any atom is 0.331 e. The highest BCUT2D eigenvalue weighted by atomic mass is 16.4. The first kappa shape index (κ1) is 15.2. The molecule has 1 heterocycles. The Hall–Kier alpha value is -1.85. The van der Waals surface area contributed by atoms with Crippen molar-refractivity contribution >= 4 is 17.6 Å². The molecule has 0 aliphatic carbocycles. The van der Waals surface area contributed by atoms with Crippen LogP contribution < -0.4 is 5.32 Å². The molecule has 0 saturated heterocycles. The van der Waals surface area contributed by atoms with Gasteiger partial charge in [-0.3, -0.25) is 9.48 Å². The Bertz CT molecular complexity index is 461. The zero-order valence-corrected chi connectivity index (χ0v) is 11.8. The van der Waals surface area contributed by atoms with Gasteiger partial charge in [0.05, 0.1) is 11.9 Å². The second-order valence-corrected chi connectivity index (χ2v) is 5.04. The summed E-state index contributed by atoms with van der Waals surface area (Å²) in [6.07, 6.45) is 4.55. The van der Waals surface area contributed by atoms with Crippen molar-refractivity contribution in [3.63, 3.8) is 0 Å². The van der Waals surface area contributed by atoms with Gasteiger partial charge in [0.2, 0.25) is 5.91 Å². The number of carboxylic acid groups (broad SMARTS) is 1. The monoisotopic (exact) mass is 267 g/mol. The average Bonchev–Trinajstić information content (AvgIpc) is 2.79. The van der Waals surface area contributed by atoms with Crippen LogP contribution in [-0.2, 0) is 15.1 Å². The van der Waals surface area contributed by atoms with E-state index < -0.39 is 11.5 Å². The van der Waals surface area contributed by atoms with Crippen LogP contribution in [0.5, 0.6) is 0 Å². The maximum absolute atomic E-state index is 11.9. The standard InChI is InChI=1S/C13H21N3O3/c1-5-9(6-2)11(17)15-10-7-14-16(8-10)13(3,4)12(18)19/h7-9H,5-6H2,1-4H3,(H,15,17)(H,18,19). The van der Waals surface area contributed by atoms with Gasteiger partial charge >= 0.3 is 5.97 Å². The van der Waals surface area contributed by atoms with Gasteiger partial charge in [-0.05, 0) is 26.7 Å². The minimum atomic E-state index is -1.14. The number of aromatic nitrogens is 2. The molecule has 0 saturated carbocycles. The molecule has 0 fully saturated rings. The number of amides is 1. The molecule has 0 atom stereocenters. The Morgan fingerprint density at radius 3 is 2.47 bits per heavy atom. The lowest BCUT2D eigenvalue weighted by Crippen LogP contribution is -2.35. The maximum atomic E-state index is 11.9. The summed E-state index contributed by atoms with van der Waals surface area (Å²) in [4.78, 5) is 23.0. The largest absolute Gasteiger partial charge is 0.479 e. The highest BCUT2D eigenvalue weighted by molar-refractivity contribution is 5.92. The van der Waals surface area contributed by atoms with Gasteiger partial charge in [-0.25, -0.2) is 4.79 Å². The highest BCUT2D eigenvalue weighted by Gasteiger charge is 2.30. The number of hydrogen-bond donors (Lipinski definition) is 2. The molecular weight excluding hydrogens is 246 g/mol. The Balaban J connectivity index is 2.81. The van der Waals surface area contributed by atoms with Crippen LogP contribution in [0.1, 0.15) is 40.5 Å². The zero-order valence-electron chi connectivity index (χ0n) is 11.8. The predicted molar refractivity (Wildman–Crippen MR) is 71.9 cm³/mol. The van der Waals surface area contributed by atoms with Gasteiger partial charge in [0.25, 0.3) is 0 Å². The first-order chi connectivity index (χ1) is 8.82. The minimum absolute atomic E-state index is 0.0316. The summed E-state index contributed by atoms with van der Waals surface area (Å²) < 4.78 is 1.33. The number of carboxylic acids is 1. The van der Waals surface area contributed by atoms with E-state index in [0.29, 0.717) is 5.69 Å². The summed E-state index contributed by atoms with van der Waals surface area (Å²) in [6.45, 7) is 7.03. The molecule has 1 rings (SSSR count). The second kappa shape index (κ2) is 5.86. The van der Waals surface area contributed by atoms with Crippen molar-refractivity contribution in [3.05, 3.63) is 12.4 Å². The van der Waals surface area contributed by atoms with Crippen molar-refractivity contribution in [2.75, 3.05) is 5.32 Å². The van der Waals surface area contributed by atoms with Crippen molar-refractivity contribution in [1.82, 2.24) is 9.78 Å². The van der Waals surface area contributed by atoms with Gasteiger partial charge in [0, 0.05) is 12.1 Å². The van der Waals surface area contributed by atoms with E-state index in [2.05, 4.69) is 10.4 Å². The molecule has 2 N–H and O–H groups in total. The third-order valence-electron chi connectivity index (χ3n) is 3.30. The summed E-state index contributed by atoms with van der Waals surface area (Å²) in [6, 6.07) is 0. The summed E-state index contributed by atoms with van der Waals surface area (Å²) in [7, 11) is 0. The van der Waals surface area contributed by atoms with Gasteiger partial charge in [-0.15, -0.1) is 0 Å². The van der Waals surface area contributed by atoms with Crippen LogP contribution >= 0.6 is 0 Å². The summed E-state index contributed by atoms with van der Waals surface area (Å²) >= 11 is 0. The summed E-state index contributed by atoms with van der Waals surface area (Å²) in [5.74, 6) is -1.07. The number of nitrogens with zero attached hydrogens (tertiary/aromatic N) is 2. The molecule has 0 bridgehead atoms. The molecule has 0 aliphatic rings. The van der Waals surface area contributed by atoms with Crippen LogP contribution in [0.2, 0.25) is 0 Å². The molecule has 0 aromatic carbocycles. The number of hydrogen-bond acceptors (Lipinski definition) is 3. The van der Waals surface area contributed by atoms with Crippen molar-refractivity contribution in [2.24, 2.45) is 5.92 Å². The van der Waals surface area contributed by atoms with E-state index in [0.717, 1.165) is 12.8 Å². The molecule has 1 amide bonds. The van der Waals surface area contributed by atoms with E-state index in [1.54, 1.807) is 13.8 Å². The van der Waals surface area contributed by atoms with E-state index in [9.17, 15) is 9.59 Å². The fourth-order valence-corrected chi connectivity index (χ4v) is 1.69. The molecule has 1 aromatic heterocycles. The fourth-order valence-electron chi connectivity index (χ4n) is 1.69. The lowest BCUT2D eigenvalue weighted by atomic mass is 10.0. The van der Waals surface area contributed by atoms with Crippen molar-refractivity contribution in [2.45, 2.75) is 46.1 Å². The highest BCUT2D eigenvalue weighted by Crippen LogP contribution is 2.18. The van der Waals surface area contributed by atoms with Gasteiger partial charge in [-0.2, -0.15) is 5.10 Å². The van der Waals surface area contributed by atoms with E-state index in [1.807, 2.05) is 13.8 Å². The SMILES string of the molecule is CCC(CC)C(=O)Nc1cnn(C(C)(C)C(=O)O)c1. The smallest absolute Gasteiger partial charge is 0.331 e. The van der Waals surface area contributed by atoms with Crippen LogP contribution in [0.15, 0.2) is 12.4 Å². The molecule has 0 unspecified atom stereocenters. The van der Waals surface area contributed by atoms with E-state index in [4.69, 9.17) is 5.11 Å². The van der Waals surface area contributed by atoms with Crippen molar-refractivity contribution < 1.29 is 14.7 Å². The lowest BCUT2D eigenvalue weighted by molar-refractivity contribution is -0.146. The van der Waals surface area contributed by atoms with E-state index >= 15 is 0 Å². The van der Waals surface area contributed by atoms with Gasteiger partial charge in [0.15, 0.2) is 5.54 Å². The van der Waals surface area contributed by atoms with Crippen LogP contribution in [0.25, 0.3) is 0 Å². The topological polar surface area (TPSA) is 84.2 Å². The number of nitrogens with one attached hydrogen (secondary N) is 1. The lowest BCUT2D eigenvalue weighted by Gasteiger charge is -2.19. The van der Waals surface area contributed by atoms with Crippen molar-refractivity contribution in [3.8, 4) is 0 Å². The fraction of sp³-hybridized carbons (Fsp3) is 0.615. The van der Waals surface area contributed by atoms with Gasteiger partial charge in [0.1, 0.15) is 0 Å². The number of rotatable bonds is 6. The Morgan fingerprint density at radius 2 is 2.00 bits per heavy atom. The normalized spacial score (nSPS) is 11.6. The third kappa shape index (κ3) is 3.33. The van der Waals surface area contributed by atoms with Crippen LogP contribution in [0.3, 0.4) is 0 Å². The summed E-state index contributed by atoms with van der Waals surface area (Å²) in [5, 5.41) is 15.9. The molecule has 0 spiro atoms. The predicted octanol–water partition coefficient (Wildman–Crippen LogP) is 2.08. The zero-order chi connectivity index (χ0) is 14.6. The quantitative estimate of drug-likeness (QED) is 0.826.